The van der Waals surface area contributed by atoms with Crippen molar-refractivity contribution in [2.75, 3.05) is 32.4 Å². The minimum Gasteiger partial charge on any atom is -0.398 e. The summed E-state index contributed by atoms with van der Waals surface area (Å²) in [5.41, 5.74) is 18.2. The van der Waals surface area contributed by atoms with Crippen LogP contribution in [-0.2, 0) is 14.4 Å². The summed E-state index contributed by atoms with van der Waals surface area (Å²) in [6.45, 7) is 22.6. The van der Waals surface area contributed by atoms with Crippen LogP contribution >= 0.6 is 11.8 Å². The van der Waals surface area contributed by atoms with Gasteiger partial charge in [0.25, 0.3) is 0 Å². The molecule has 1 saturated carbocycles. The van der Waals surface area contributed by atoms with Crippen molar-refractivity contribution >= 4 is 36.6 Å². The molecule has 1 aliphatic carbocycles. The maximum Gasteiger partial charge on any atom is 0.220 e. The summed E-state index contributed by atoms with van der Waals surface area (Å²) < 4.78 is 0. The quantitative estimate of drug-likeness (QED) is 0.0858. The molecule has 0 bridgehead atoms. The number of thioether (sulfide) groups is 1. The number of carbonyl (C=O) groups excluding carboxylic acids is 3. The van der Waals surface area contributed by atoms with Crippen LogP contribution in [0, 0.1) is 5.92 Å². The molecule has 1 saturated heterocycles. The molecule has 0 radical (unpaired) electrons. The summed E-state index contributed by atoms with van der Waals surface area (Å²) >= 11 is 1.60. The first-order valence-corrected chi connectivity index (χ1v) is 16.9. The molecule has 3 rings (SSSR count). The van der Waals surface area contributed by atoms with E-state index < -0.39 is 0 Å². The van der Waals surface area contributed by atoms with Gasteiger partial charge in [0.1, 0.15) is 6.79 Å². The zero-order valence-electron chi connectivity index (χ0n) is 28.4. The van der Waals surface area contributed by atoms with Gasteiger partial charge >= 0.3 is 0 Å². The Labute approximate surface area is 273 Å². The molecule has 1 aromatic carbocycles. The van der Waals surface area contributed by atoms with Crippen molar-refractivity contribution in [1.82, 2.24) is 10.2 Å². The molecule has 2 aliphatic rings. The first kappa shape index (κ1) is 43.5. The van der Waals surface area contributed by atoms with Crippen LogP contribution in [0.15, 0.2) is 46.7 Å². The molecule has 7 N–H and O–H groups in total. The number of rotatable bonds is 12. The molecule has 2 amide bonds. The predicted molar refractivity (Wildman–Crippen MR) is 191 cm³/mol. The Morgan fingerprint density at radius 1 is 1.05 bits per heavy atom. The highest BCUT2D eigenvalue weighted by Crippen LogP contribution is 2.35. The highest BCUT2D eigenvalue weighted by molar-refractivity contribution is 8.03. The van der Waals surface area contributed by atoms with Crippen molar-refractivity contribution in [2.45, 2.75) is 115 Å². The molecule has 1 aliphatic heterocycles. The van der Waals surface area contributed by atoms with Gasteiger partial charge in [-0.05, 0) is 93.1 Å². The van der Waals surface area contributed by atoms with E-state index in [2.05, 4.69) is 74.7 Å². The first-order valence-electron chi connectivity index (χ1n) is 16.1. The molecule has 2 fully saturated rings. The number of nitrogens with zero attached hydrogens (tertiary/aromatic N) is 1. The Morgan fingerprint density at radius 2 is 1.59 bits per heavy atom. The van der Waals surface area contributed by atoms with Gasteiger partial charge in [0.05, 0.1) is 0 Å². The van der Waals surface area contributed by atoms with Crippen LogP contribution in [0.3, 0.4) is 0 Å². The summed E-state index contributed by atoms with van der Waals surface area (Å²) in [5.74, 6) is 1.16. The summed E-state index contributed by atoms with van der Waals surface area (Å²) in [5, 5.41) is 3.40. The van der Waals surface area contributed by atoms with Crippen LogP contribution in [0.1, 0.15) is 110 Å². The van der Waals surface area contributed by atoms with Gasteiger partial charge in [-0.1, -0.05) is 89.9 Å². The number of carbonyl (C=O) groups is 3. The van der Waals surface area contributed by atoms with Gasteiger partial charge in [0, 0.05) is 29.6 Å². The number of benzene rings is 1. The van der Waals surface area contributed by atoms with Crippen molar-refractivity contribution in [3.05, 3.63) is 47.4 Å². The second-order valence-corrected chi connectivity index (χ2v) is 12.7. The highest BCUT2D eigenvalue weighted by atomic mass is 32.2. The first-order chi connectivity index (χ1) is 21.1. The number of nitrogen functional groups attached to an aromatic ring is 1. The Kier molecular flexibility index (Phi) is 27.6. The van der Waals surface area contributed by atoms with Crippen molar-refractivity contribution in [2.24, 2.45) is 17.4 Å². The maximum atomic E-state index is 13.0. The SMILES string of the molecule is C=C(CC(NC(=O)CCC(=C)Sc1cc(C(C)C)ccc1N)C1CCCCC1)CN1CCCC1.C=O.CCC.CN.NC=O. The van der Waals surface area contributed by atoms with Crippen LogP contribution in [-0.4, -0.2) is 56.7 Å². The maximum absolute atomic E-state index is 13.0. The minimum absolute atomic E-state index is 0.134. The molecule has 252 valence electrons. The van der Waals surface area contributed by atoms with Gasteiger partial charge in [-0.3, -0.25) is 14.5 Å². The van der Waals surface area contributed by atoms with Crippen LogP contribution < -0.4 is 22.5 Å². The molecule has 8 nitrogen and oxygen atoms in total. The van der Waals surface area contributed by atoms with Crippen molar-refractivity contribution in [3.63, 3.8) is 0 Å². The second kappa shape index (κ2) is 27.9. The average Bonchev–Trinajstić information content (AvgIpc) is 3.53. The zero-order chi connectivity index (χ0) is 33.9. The van der Waals surface area contributed by atoms with Crippen molar-refractivity contribution < 1.29 is 14.4 Å². The fourth-order valence-electron chi connectivity index (χ4n) is 5.24. The van der Waals surface area contributed by atoms with Gasteiger partial charge in [0.2, 0.25) is 12.3 Å². The van der Waals surface area contributed by atoms with Gasteiger partial charge in [0.15, 0.2) is 0 Å². The molecule has 44 heavy (non-hydrogen) atoms. The number of hydrogen-bond acceptors (Lipinski definition) is 7. The van der Waals surface area contributed by atoms with E-state index in [1.54, 1.807) is 11.8 Å². The molecular weight excluding hydrogens is 570 g/mol. The summed E-state index contributed by atoms with van der Waals surface area (Å²) in [6.07, 6.45) is 12.4. The fraction of sp³-hybridized carbons (Fsp3) is 0.629. The normalized spacial score (nSPS) is 15.0. The third-order valence-electron chi connectivity index (χ3n) is 7.31. The standard InChI is InChI=1S/C29H45N3OS.C3H8.CH3NO.CH5N.CH2O/c1-21(2)25-13-14-26(30)28(19-25)34-23(4)12-15-29(33)31-27(24-10-6-5-7-11-24)18-22(3)20-32-16-8-9-17-32;1-3-2;2-1-3;2*1-2/h13-14,19,21,24,27H,3-12,15-18,20,30H2,1-2H3,(H,31,33);3H2,1-2H3;1H,(H2,2,3);2H2,1H3;1H2. The molecule has 1 unspecified atom stereocenters. The molecule has 1 atom stereocenters. The van der Waals surface area contributed by atoms with E-state index in [9.17, 15) is 4.79 Å². The van der Waals surface area contributed by atoms with Gasteiger partial charge in [-0.2, -0.15) is 0 Å². The smallest absolute Gasteiger partial charge is 0.220 e. The van der Waals surface area contributed by atoms with E-state index in [0.29, 0.717) is 24.7 Å². The van der Waals surface area contributed by atoms with Crippen molar-refractivity contribution in [1.29, 1.82) is 0 Å². The average molecular weight is 634 g/mol. The number of likely N-dealkylation sites (tertiary alicyclic amines) is 1. The Balaban J connectivity index is 0. The lowest BCUT2D eigenvalue weighted by atomic mass is 9.81. The number of primary amides is 1. The lowest BCUT2D eigenvalue weighted by molar-refractivity contribution is -0.122. The van der Waals surface area contributed by atoms with E-state index in [0.717, 1.165) is 28.5 Å². The summed E-state index contributed by atoms with van der Waals surface area (Å²) in [6, 6.07) is 6.42. The number of amides is 2. The molecular formula is C35H63N5O3S. The number of nitrogens with one attached hydrogen (secondary N) is 1. The monoisotopic (exact) mass is 633 g/mol. The third kappa shape index (κ3) is 19.6. The van der Waals surface area contributed by atoms with E-state index in [4.69, 9.17) is 15.3 Å². The topological polar surface area (TPSA) is 145 Å². The second-order valence-electron chi connectivity index (χ2n) is 11.4. The number of hydrogen-bond donors (Lipinski definition) is 4. The van der Waals surface area contributed by atoms with E-state index in [-0.39, 0.29) is 18.4 Å². The third-order valence-corrected chi connectivity index (χ3v) is 8.38. The van der Waals surface area contributed by atoms with E-state index in [1.807, 2.05) is 12.9 Å². The number of allylic oxidation sites excluding steroid dienone is 1. The number of anilines is 1. The Morgan fingerprint density at radius 3 is 2.11 bits per heavy atom. The summed E-state index contributed by atoms with van der Waals surface area (Å²) in [7, 11) is 1.50. The minimum atomic E-state index is 0.134. The lowest BCUT2D eigenvalue weighted by Crippen LogP contribution is -2.42. The van der Waals surface area contributed by atoms with Crippen LogP contribution in [0.5, 0.6) is 0 Å². The molecule has 9 heteroatoms. The van der Waals surface area contributed by atoms with E-state index >= 15 is 0 Å². The Bertz CT molecular complexity index is 929. The van der Waals surface area contributed by atoms with Gasteiger partial charge < -0.3 is 27.3 Å². The van der Waals surface area contributed by atoms with Crippen LogP contribution in [0.2, 0.25) is 0 Å². The van der Waals surface area contributed by atoms with Crippen molar-refractivity contribution in [3.8, 4) is 0 Å². The van der Waals surface area contributed by atoms with Gasteiger partial charge in [-0.15, -0.1) is 0 Å². The van der Waals surface area contributed by atoms with Crippen LogP contribution in [0.25, 0.3) is 0 Å². The molecule has 1 aromatic rings. The zero-order valence-corrected chi connectivity index (χ0v) is 29.2. The van der Waals surface area contributed by atoms with E-state index in [1.165, 1.54) is 82.6 Å². The number of nitrogens with two attached hydrogens (primary N) is 3. The largest absolute Gasteiger partial charge is 0.398 e. The lowest BCUT2D eigenvalue weighted by Gasteiger charge is -2.32. The molecule has 0 aromatic heterocycles. The highest BCUT2D eigenvalue weighted by Gasteiger charge is 2.26. The fourth-order valence-corrected chi connectivity index (χ4v) is 6.14. The predicted octanol–water partition coefficient (Wildman–Crippen LogP) is 6.79. The van der Waals surface area contributed by atoms with Crippen LogP contribution in [0.4, 0.5) is 5.69 Å². The molecule has 1 heterocycles. The summed E-state index contributed by atoms with van der Waals surface area (Å²) in [4.78, 5) is 34.1. The van der Waals surface area contributed by atoms with Gasteiger partial charge in [-0.25, -0.2) is 0 Å². The Hall–Kier alpha value is -2.62. The molecule has 0 spiro atoms.